The normalized spacial score (nSPS) is 15.2. The number of carbonyl (C=O) groups excluding carboxylic acids is 1. The van der Waals surface area contributed by atoms with Crippen LogP contribution in [-0.4, -0.2) is 33.1 Å². The minimum absolute atomic E-state index is 0.0531. The van der Waals surface area contributed by atoms with Crippen LogP contribution in [0.25, 0.3) is 0 Å². The molecule has 0 saturated heterocycles. The van der Waals surface area contributed by atoms with E-state index in [0.717, 1.165) is 0 Å². The van der Waals surface area contributed by atoms with Crippen molar-refractivity contribution in [1.82, 2.24) is 4.72 Å². The maximum absolute atomic E-state index is 12.3. The van der Waals surface area contributed by atoms with E-state index >= 15 is 0 Å². The molecule has 0 aromatic heterocycles. The van der Waals surface area contributed by atoms with Crippen molar-refractivity contribution in [1.29, 1.82) is 0 Å². The highest BCUT2D eigenvalue weighted by molar-refractivity contribution is 7.89. The lowest BCUT2D eigenvalue weighted by Crippen LogP contribution is -2.40. The van der Waals surface area contributed by atoms with Gasteiger partial charge in [0, 0.05) is 11.2 Å². The highest BCUT2D eigenvalue weighted by atomic mass is 32.2. The molecule has 0 radical (unpaired) electrons. The maximum atomic E-state index is 12.3. The highest BCUT2D eigenvalue weighted by Gasteiger charge is 2.22. The first-order chi connectivity index (χ1) is 10.7. The molecule has 23 heavy (non-hydrogen) atoms. The molecule has 2 N–H and O–H groups in total. The quantitative estimate of drug-likeness (QED) is 0.868. The lowest BCUT2D eigenvalue weighted by molar-refractivity contribution is -0.117. The molecule has 0 aliphatic carbocycles. The van der Waals surface area contributed by atoms with Gasteiger partial charge in [-0.1, -0.05) is 6.07 Å². The number of benzene rings is 1. The number of anilines is 1. The van der Waals surface area contributed by atoms with E-state index in [-0.39, 0.29) is 10.7 Å². The van der Waals surface area contributed by atoms with Crippen LogP contribution in [0.15, 0.2) is 41.2 Å². The molecule has 2 rings (SSSR count). The number of carbonyl (C=O) groups is 1. The number of hydrogen-bond donors (Lipinski definition) is 2. The fourth-order valence-corrected chi connectivity index (χ4v) is 3.35. The van der Waals surface area contributed by atoms with Gasteiger partial charge in [-0.15, -0.1) is 0 Å². The zero-order chi connectivity index (χ0) is 17.1. The number of rotatable bonds is 4. The second kappa shape index (κ2) is 6.59. The largest absolute Gasteiger partial charge is 0.494 e. The molecular weight excluding hydrogens is 320 g/mol. The van der Waals surface area contributed by atoms with Crippen molar-refractivity contribution < 1.29 is 22.7 Å². The average molecular weight is 340 g/mol. The zero-order valence-corrected chi connectivity index (χ0v) is 14.1. The molecule has 0 fully saturated rings. The van der Waals surface area contributed by atoms with E-state index in [1.165, 1.54) is 18.4 Å². The van der Waals surface area contributed by atoms with E-state index in [2.05, 4.69) is 10.0 Å². The highest BCUT2D eigenvalue weighted by Crippen LogP contribution is 2.18. The molecule has 1 heterocycles. The van der Waals surface area contributed by atoms with Crippen molar-refractivity contribution in [2.45, 2.75) is 31.2 Å². The first kappa shape index (κ1) is 17.3. The molecule has 0 saturated carbocycles. The Morgan fingerprint density at radius 2 is 1.96 bits per heavy atom. The summed E-state index contributed by atoms with van der Waals surface area (Å²) < 4.78 is 37.4. The predicted molar refractivity (Wildman–Crippen MR) is 85.1 cm³/mol. The standard InChI is InChI=1S/C15H20N2O5S/c1-15(2,3)17-23(19,20)12-6-4-5-11(9-12)16-14(18)13-10-21-7-8-22-13/h4-6,9-10,17H,7-8H2,1-3H3,(H,16,18). The van der Waals surface area contributed by atoms with Gasteiger partial charge < -0.3 is 14.8 Å². The van der Waals surface area contributed by atoms with Gasteiger partial charge in [0.15, 0.2) is 0 Å². The minimum atomic E-state index is -3.67. The van der Waals surface area contributed by atoms with Crippen LogP contribution in [0.3, 0.4) is 0 Å². The summed E-state index contributed by atoms with van der Waals surface area (Å²) in [5.41, 5.74) is -0.252. The van der Waals surface area contributed by atoms with Crippen LogP contribution in [0.5, 0.6) is 0 Å². The van der Waals surface area contributed by atoms with E-state index in [1.807, 2.05) is 0 Å². The second-order valence-corrected chi connectivity index (χ2v) is 7.72. The second-order valence-electron chi connectivity index (χ2n) is 6.04. The Hall–Kier alpha value is -2.06. The van der Waals surface area contributed by atoms with Gasteiger partial charge in [-0.25, -0.2) is 13.1 Å². The smallest absolute Gasteiger partial charge is 0.294 e. The SMILES string of the molecule is CC(C)(C)NS(=O)(=O)c1cccc(NC(=O)C2=COCCO2)c1. The molecule has 0 atom stereocenters. The molecule has 1 aromatic carbocycles. The van der Waals surface area contributed by atoms with Gasteiger partial charge in [-0.3, -0.25) is 4.79 Å². The molecule has 8 heteroatoms. The minimum Gasteiger partial charge on any atom is -0.494 e. The van der Waals surface area contributed by atoms with Crippen molar-refractivity contribution in [3.05, 3.63) is 36.3 Å². The van der Waals surface area contributed by atoms with Crippen molar-refractivity contribution >= 4 is 21.6 Å². The molecule has 7 nitrogen and oxygen atoms in total. The summed E-state index contributed by atoms with van der Waals surface area (Å²) in [5.74, 6) is -0.444. The Labute approximate surface area is 135 Å². The molecule has 126 valence electrons. The Morgan fingerprint density at radius 3 is 2.57 bits per heavy atom. The van der Waals surface area contributed by atoms with Gasteiger partial charge in [-0.2, -0.15) is 0 Å². The number of nitrogens with one attached hydrogen (secondary N) is 2. The zero-order valence-electron chi connectivity index (χ0n) is 13.3. The molecule has 1 aromatic rings. The molecular formula is C15H20N2O5S. The third-order valence-electron chi connectivity index (χ3n) is 2.72. The molecule has 1 amide bonds. The van der Waals surface area contributed by atoms with Crippen molar-refractivity contribution in [2.24, 2.45) is 0 Å². The van der Waals surface area contributed by atoms with Crippen LogP contribution < -0.4 is 10.0 Å². The molecule has 1 aliphatic heterocycles. The van der Waals surface area contributed by atoms with Crippen LogP contribution in [0.1, 0.15) is 20.8 Å². The molecule has 0 unspecified atom stereocenters. The predicted octanol–water partition coefficient (Wildman–Crippen LogP) is 1.59. The van der Waals surface area contributed by atoms with Gasteiger partial charge in [0.2, 0.25) is 15.8 Å². The summed E-state index contributed by atoms with van der Waals surface area (Å²) in [6.45, 7) is 5.95. The summed E-state index contributed by atoms with van der Waals surface area (Å²) in [5, 5.41) is 2.58. The summed E-state index contributed by atoms with van der Waals surface area (Å²) in [4.78, 5) is 12.1. The average Bonchev–Trinajstić information content (AvgIpc) is 2.46. The first-order valence-corrected chi connectivity index (χ1v) is 8.56. The van der Waals surface area contributed by atoms with E-state index in [9.17, 15) is 13.2 Å². The van der Waals surface area contributed by atoms with Gasteiger partial charge in [0.05, 0.1) is 4.90 Å². The Balaban J connectivity index is 2.17. The van der Waals surface area contributed by atoms with E-state index < -0.39 is 21.5 Å². The summed E-state index contributed by atoms with van der Waals surface area (Å²) in [6, 6.07) is 6.00. The fourth-order valence-electron chi connectivity index (χ4n) is 1.88. The van der Waals surface area contributed by atoms with Crippen molar-refractivity contribution in [3.8, 4) is 0 Å². The summed E-state index contributed by atoms with van der Waals surface area (Å²) in [6.07, 6.45) is 1.24. The molecule has 1 aliphatic rings. The molecule has 0 bridgehead atoms. The van der Waals surface area contributed by atoms with Crippen LogP contribution >= 0.6 is 0 Å². The first-order valence-electron chi connectivity index (χ1n) is 7.07. The van der Waals surface area contributed by atoms with Crippen LogP contribution in [-0.2, 0) is 24.3 Å². The third kappa shape index (κ3) is 4.97. The number of sulfonamides is 1. The van der Waals surface area contributed by atoms with Gasteiger partial charge in [-0.05, 0) is 39.0 Å². The number of amides is 1. The lowest BCUT2D eigenvalue weighted by Gasteiger charge is -2.20. The van der Waals surface area contributed by atoms with Gasteiger partial charge in [0.25, 0.3) is 5.91 Å². The van der Waals surface area contributed by atoms with Crippen molar-refractivity contribution in [3.63, 3.8) is 0 Å². The maximum Gasteiger partial charge on any atom is 0.294 e. The van der Waals surface area contributed by atoms with E-state index in [0.29, 0.717) is 18.9 Å². The Bertz CT molecular complexity index is 720. The topological polar surface area (TPSA) is 93.7 Å². The Morgan fingerprint density at radius 1 is 1.22 bits per heavy atom. The number of hydrogen-bond acceptors (Lipinski definition) is 5. The number of ether oxygens (including phenoxy) is 2. The summed E-state index contributed by atoms with van der Waals surface area (Å²) >= 11 is 0. The monoisotopic (exact) mass is 340 g/mol. The van der Waals surface area contributed by atoms with E-state index in [1.54, 1.807) is 32.9 Å². The summed E-state index contributed by atoms with van der Waals surface area (Å²) in [7, 11) is -3.67. The van der Waals surface area contributed by atoms with E-state index in [4.69, 9.17) is 9.47 Å². The van der Waals surface area contributed by atoms with Gasteiger partial charge >= 0.3 is 0 Å². The lowest BCUT2D eigenvalue weighted by atomic mass is 10.1. The van der Waals surface area contributed by atoms with Gasteiger partial charge in [0.1, 0.15) is 19.5 Å². The Kier molecular flexibility index (Phi) is 4.96. The van der Waals surface area contributed by atoms with Crippen molar-refractivity contribution in [2.75, 3.05) is 18.5 Å². The van der Waals surface area contributed by atoms with Crippen LogP contribution in [0, 0.1) is 0 Å². The fraction of sp³-hybridized carbons (Fsp3) is 0.400. The molecule has 0 spiro atoms. The van der Waals surface area contributed by atoms with Crippen LogP contribution in [0.2, 0.25) is 0 Å². The third-order valence-corrected chi connectivity index (χ3v) is 4.47. The van der Waals surface area contributed by atoms with Crippen LogP contribution in [0.4, 0.5) is 5.69 Å².